The van der Waals surface area contributed by atoms with Crippen molar-refractivity contribution in [3.8, 4) is 0 Å². The average Bonchev–Trinajstić information content (AvgIpc) is 2.81. The molecule has 1 aromatic carbocycles. The van der Waals surface area contributed by atoms with Crippen molar-refractivity contribution < 1.29 is 17.9 Å². The minimum atomic E-state index is -3.87. The standard InChI is InChI=1S/C11H10FNO3S2/c12-8-3-1-2-4-9(8)13-18(15,16)11-5-6-17-10(11)7-14/h1-6,13-14H,7H2. The van der Waals surface area contributed by atoms with Gasteiger partial charge in [-0.3, -0.25) is 4.72 Å². The third-order valence-electron chi connectivity index (χ3n) is 2.26. The number of aliphatic hydroxyl groups excluding tert-OH is 1. The van der Waals surface area contributed by atoms with E-state index in [1.54, 1.807) is 5.38 Å². The number of hydrogen-bond donors (Lipinski definition) is 2. The van der Waals surface area contributed by atoms with Crippen LogP contribution in [0.1, 0.15) is 4.88 Å². The van der Waals surface area contributed by atoms with Gasteiger partial charge in [0.25, 0.3) is 10.0 Å². The molecule has 2 N–H and O–H groups in total. The topological polar surface area (TPSA) is 66.4 Å². The number of halogens is 1. The highest BCUT2D eigenvalue weighted by molar-refractivity contribution is 7.93. The summed E-state index contributed by atoms with van der Waals surface area (Å²) in [6.45, 7) is -0.370. The predicted octanol–water partition coefficient (Wildman–Crippen LogP) is 2.18. The summed E-state index contributed by atoms with van der Waals surface area (Å²) in [6.07, 6.45) is 0. The lowest BCUT2D eigenvalue weighted by molar-refractivity contribution is 0.282. The second kappa shape index (κ2) is 5.05. The lowest BCUT2D eigenvalue weighted by atomic mass is 10.3. The Kier molecular flexibility index (Phi) is 3.65. The Labute approximate surface area is 108 Å². The van der Waals surface area contributed by atoms with Crippen LogP contribution in [0.3, 0.4) is 0 Å². The minimum absolute atomic E-state index is 0.0294. The van der Waals surface area contributed by atoms with Crippen LogP contribution < -0.4 is 4.72 Å². The van der Waals surface area contributed by atoms with Gasteiger partial charge in [0.2, 0.25) is 0 Å². The molecule has 2 rings (SSSR count). The molecule has 0 aliphatic carbocycles. The lowest BCUT2D eigenvalue weighted by Crippen LogP contribution is -2.14. The molecule has 1 heterocycles. The van der Waals surface area contributed by atoms with Gasteiger partial charge in [-0.2, -0.15) is 0 Å². The van der Waals surface area contributed by atoms with E-state index in [0.717, 1.165) is 11.3 Å². The predicted molar refractivity (Wildman–Crippen MR) is 67.5 cm³/mol. The molecule has 0 amide bonds. The van der Waals surface area contributed by atoms with Crippen molar-refractivity contribution in [1.82, 2.24) is 0 Å². The number of sulfonamides is 1. The van der Waals surface area contributed by atoms with E-state index in [2.05, 4.69) is 4.72 Å². The highest BCUT2D eigenvalue weighted by Gasteiger charge is 2.20. The Bertz CT molecular complexity index is 652. The molecule has 1 aromatic heterocycles. The van der Waals surface area contributed by atoms with Crippen LogP contribution >= 0.6 is 11.3 Å². The van der Waals surface area contributed by atoms with Crippen LogP contribution in [0, 0.1) is 5.82 Å². The van der Waals surface area contributed by atoms with Gasteiger partial charge in [0.05, 0.1) is 17.2 Å². The molecular weight excluding hydrogens is 277 g/mol. The van der Waals surface area contributed by atoms with Gasteiger partial charge in [0.1, 0.15) is 10.7 Å². The van der Waals surface area contributed by atoms with Gasteiger partial charge in [0.15, 0.2) is 0 Å². The highest BCUT2D eigenvalue weighted by atomic mass is 32.2. The zero-order chi connectivity index (χ0) is 13.2. The molecule has 0 radical (unpaired) electrons. The molecule has 7 heteroatoms. The van der Waals surface area contributed by atoms with Crippen molar-refractivity contribution in [3.05, 3.63) is 46.4 Å². The van der Waals surface area contributed by atoms with E-state index in [9.17, 15) is 12.8 Å². The van der Waals surface area contributed by atoms with E-state index < -0.39 is 15.8 Å². The summed E-state index contributed by atoms with van der Waals surface area (Å²) in [7, 11) is -3.87. The number of hydrogen-bond acceptors (Lipinski definition) is 4. The van der Waals surface area contributed by atoms with Gasteiger partial charge in [-0.05, 0) is 23.6 Å². The Hall–Kier alpha value is -1.44. The first-order chi connectivity index (χ1) is 8.54. The first kappa shape index (κ1) is 13.0. The zero-order valence-electron chi connectivity index (χ0n) is 9.13. The SMILES string of the molecule is O=S(=O)(Nc1ccccc1F)c1ccsc1CO. The van der Waals surface area contributed by atoms with Crippen LogP contribution in [0.25, 0.3) is 0 Å². The van der Waals surface area contributed by atoms with E-state index in [1.165, 1.54) is 30.3 Å². The number of thiophene rings is 1. The van der Waals surface area contributed by atoms with E-state index in [4.69, 9.17) is 5.11 Å². The number of aliphatic hydroxyl groups is 1. The molecular formula is C11H10FNO3S2. The van der Waals surface area contributed by atoms with Crippen molar-refractivity contribution in [2.45, 2.75) is 11.5 Å². The number of anilines is 1. The van der Waals surface area contributed by atoms with Crippen LogP contribution in [0.4, 0.5) is 10.1 Å². The molecule has 0 atom stereocenters. The van der Waals surface area contributed by atoms with Gasteiger partial charge in [-0.25, -0.2) is 12.8 Å². The summed E-state index contributed by atoms with van der Waals surface area (Å²) >= 11 is 1.13. The Morgan fingerprint density at radius 2 is 2.00 bits per heavy atom. The molecule has 0 fully saturated rings. The second-order valence-corrected chi connectivity index (χ2v) is 6.10. The minimum Gasteiger partial charge on any atom is -0.391 e. The molecule has 96 valence electrons. The van der Waals surface area contributed by atoms with Gasteiger partial charge in [-0.1, -0.05) is 12.1 Å². The monoisotopic (exact) mass is 287 g/mol. The summed E-state index contributed by atoms with van der Waals surface area (Å²) in [4.78, 5) is 0.289. The van der Waals surface area contributed by atoms with Crippen molar-refractivity contribution in [1.29, 1.82) is 0 Å². The zero-order valence-corrected chi connectivity index (χ0v) is 10.8. The maximum atomic E-state index is 13.4. The maximum Gasteiger partial charge on any atom is 0.263 e. The number of rotatable bonds is 4. The normalized spacial score (nSPS) is 11.4. The first-order valence-electron chi connectivity index (χ1n) is 4.99. The fourth-order valence-electron chi connectivity index (χ4n) is 1.43. The van der Waals surface area contributed by atoms with Gasteiger partial charge in [-0.15, -0.1) is 11.3 Å². The molecule has 2 aromatic rings. The summed E-state index contributed by atoms with van der Waals surface area (Å²) in [5.41, 5.74) is -0.118. The van der Waals surface area contributed by atoms with E-state index in [0.29, 0.717) is 4.88 Å². The molecule has 0 aliphatic rings. The third-order valence-corrected chi connectivity index (χ3v) is 4.74. The van der Waals surface area contributed by atoms with Crippen LogP contribution in [0.15, 0.2) is 40.6 Å². The van der Waals surface area contributed by atoms with Gasteiger partial charge >= 0.3 is 0 Å². The summed E-state index contributed by atoms with van der Waals surface area (Å²) in [5, 5.41) is 10.6. The van der Waals surface area contributed by atoms with E-state index in [1.807, 2.05) is 0 Å². The average molecular weight is 287 g/mol. The summed E-state index contributed by atoms with van der Waals surface area (Å²) in [6, 6.07) is 6.87. The first-order valence-corrected chi connectivity index (χ1v) is 7.35. The number of nitrogens with one attached hydrogen (secondary N) is 1. The Morgan fingerprint density at radius 3 is 2.67 bits per heavy atom. The quantitative estimate of drug-likeness (QED) is 0.905. The van der Waals surface area contributed by atoms with Crippen LogP contribution in [0.5, 0.6) is 0 Å². The molecule has 0 spiro atoms. The van der Waals surface area contributed by atoms with E-state index in [-0.39, 0.29) is 17.2 Å². The molecule has 0 aliphatic heterocycles. The fourth-order valence-corrected chi connectivity index (χ4v) is 3.79. The second-order valence-electron chi connectivity index (χ2n) is 3.45. The third kappa shape index (κ3) is 2.53. The smallest absolute Gasteiger partial charge is 0.263 e. The van der Waals surface area contributed by atoms with Crippen LogP contribution in [-0.4, -0.2) is 13.5 Å². The number of benzene rings is 1. The van der Waals surface area contributed by atoms with E-state index >= 15 is 0 Å². The molecule has 18 heavy (non-hydrogen) atoms. The van der Waals surface area contributed by atoms with Crippen LogP contribution in [-0.2, 0) is 16.6 Å². The van der Waals surface area contributed by atoms with Crippen molar-refractivity contribution >= 4 is 27.0 Å². The van der Waals surface area contributed by atoms with Gasteiger partial charge in [0, 0.05) is 0 Å². The summed E-state index contributed by atoms with van der Waals surface area (Å²) in [5.74, 6) is -0.651. The van der Waals surface area contributed by atoms with Crippen molar-refractivity contribution in [2.24, 2.45) is 0 Å². The fraction of sp³-hybridized carbons (Fsp3) is 0.0909. The van der Waals surface area contributed by atoms with Crippen molar-refractivity contribution in [2.75, 3.05) is 4.72 Å². The summed E-state index contributed by atoms with van der Waals surface area (Å²) < 4.78 is 39.6. The van der Waals surface area contributed by atoms with Crippen LogP contribution in [0.2, 0.25) is 0 Å². The Morgan fingerprint density at radius 1 is 1.28 bits per heavy atom. The molecule has 0 bridgehead atoms. The lowest BCUT2D eigenvalue weighted by Gasteiger charge is -2.08. The molecule has 4 nitrogen and oxygen atoms in total. The molecule has 0 saturated carbocycles. The van der Waals surface area contributed by atoms with Gasteiger partial charge < -0.3 is 5.11 Å². The highest BCUT2D eigenvalue weighted by Crippen LogP contribution is 2.25. The Balaban J connectivity index is 2.37. The number of para-hydroxylation sites is 1. The molecule has 0 unspecified atom stereocenters. The van der Waals surface area contributed by atoms with Crippen molar-refractivity contribution in [3.63, 3.8) is 0 Å². The maximum absolute atomic E-state index is 13.4. The largest absolute Gasteiger partial charge is 0.391 e. The molecule has 0 saturated heterocycles.